The molecule has 0 bridgehead atoms. The van der Waals surface area contributed by atoms with Crippen LogP contribution in [0.4, 0.5) is 4.39 Å². The van der Waals surface area contributed by atoms with Crippen LogP contribution in [0.2, 0.25) is 0 Å². The van der Waals surface area contributed by atoms with E-state index >= 15 is 0 Å². The van der Waals surface area contributed by atoms with Gasteiger partial charge in [-0.3, -0.25) is 9.59 Å². The number of rotatable bonds is 16. The molecule has 1 aromatic rings. The summed E-state index contributed by atoms with van der Waals surface area (Å²) in [6.07, 6.45) is 12.5. The van der Waals surface area contributed by atoms with E-state index in [4.69, 9.17) is 9.47 Å². The quantitative estimate of drug-likeness (QED) is 0.124. The molecule has 0 atom stereocenters. The van der Waals surface area contributed by atoms with Gasteiger partial charge in [-0.25, -0.2) is 4.39 Å². The normalized spacial score (nSPS) is 10.6. The molecule has 4 nitrogen and oxygen atoms in total. The zero-order valence-corrected chi connectivity index (χ0v) is 18.6. The Kier molecular flexibility index (Phi) is 13.5. The molecule has 5 heteroatoms. The predicted octanol–water partition coefficient (Wildman–Crippen LogP) is 7.09. The second-order valence-electron chi connectivity index (χ2n) is 7.67. The molecule has 0 aromatic heterocycles. The Labute approximate surface area is 180 Å². The van der Waals surface area contributed by atoms with Gasteiger partial charge in [0.15, 0.2) is 11.6 Å². The van der Waals surface area contributed by atoms with Gasteiger partial charge in [-0.1, -0.05) is 71.3 Å². The number of hydrogen-bond donors (Lipinski definition) is 0. The lowest BCUT2D eigenvalue weighted by Crippen LogP contribution is -2.13. The van der Waals surface area contributed by atoms with Gasteiger partial charge in [-0.05, 0) is 37.0 Å². The van der Waals surface area contributed by atoms with Gasteiger partial charge in [-0.2, -0.15) is 0 Å². The lowest BCUT2D eigenvalue weighted by Gasteiger charge is -2.13. The maximum absolute atomic E-state index is 14.6. The fourth-order valence-electron chi connectivity index (χ4n) is 3.17. The van der Waals surface area contributed by atoms with E-state index < -0.39 is 17.8 Å². The zero-order valence-electron chi connectivity index (χ0n) is 18.6. The first-order valence-corrected chi connectivity index (χ1v) is 11.4. The summed E-state index contributed by atoms with van der Waals surface area (Å²) in [7, 11) is 0. The van der Waals surface area contributed by atoms with Crippen molar-refractivity contribution in [3.8, 4) is 11.5 Å². The van der Waals surface area contributed by atoms with E-state index in [0.29, 0.717) is 18.4 Å². The van der Waals surface area contributed by atoms with Gasteiger partial charge in [0.1, 0.15) is 0 Å². The Morgan fingerprint density at radius 3 is 1.93 bits per heavy atom. The Morgan fingerprint density at radius 1 is 0.867 bits per heavy atom. The molecule has 0 spiro atoms. The summed E-state index contributed by atoms with van der Waals surface area (Å²) in [5.41, 5.74) is 0.604. The SMILES string of the molecule is C=CCc1cc(F)c(OC(=O)CCCCCCC)c(OC(=O)CCCCCCC)c1. The third-order valence-corrected chi connectivity index (χ3v) is 4.86. The lowest BCUT2D eigenvalue weighted by atomic mass is 10.1. The molecule has 0 heterocycles. The van der Waals surface area contributed by atoms with Crippen molar-refractivity contribution in [2.24, 2.45) is 0 Å². The van der Waals surface area contributed by atoms with Crippen LogP contribution in [0.1, 0.15) is 96.5 Å². The van der Waals surface area contributed by atoms with Gasteiger partial charge in [0, 0.05) is 12.8 Å². The van der Waals surface area contributed by atoms with Crippen molar-refractivity contribution < 1.29 is 23.5 Å². The van der Waals surface area contributed by atoms with E-state index in [1.54, 1.807) is 12.1 Å². The molecule has 1 aromatic carbocycles. The van der Waals surface area contributed by atoms with Gasteiger partial charge in [0.05, 0.1) is 0 Å². The van der Waals surface area contributed by atoms with Crippen LogP contribution in [-0.2, 0) is 16.0 Å². The summed E-state index contributed by atoms with van der Waals surface area (Å²) in [5.74, 6) is -2.01. The number of esters is 2. The van der Waals surface area contributed by atoms with Gasteiger partial charge in [0.25, 0.3) is 0 Å². The molecule has 30 heavy (non-hydrogen) atoms. The zero-order chi connectivity index (χ0) is 22.2. The molecular formula is C25H37FO4. The van der Waals surface area contributed by atoms with E-state index in [1.165, 1.54) is 6.07 Å². The Hall–Kier alpha value is -2.17. The van der Waals surface area contributed by atoms with Crippen molar-refractivity contribution in [1.82, 2.24) is 0 Å². The smallest absolute Gasteiger partial charge is 0.311 e. The monoisotopic (exact) mass is 420 g/mol. The third-order valence-electron chi connectivity index (χ3n) is 4.86. The van der Waals surface area contributed by atoms with Crippen molar-refractivity contribution in [1.29, 1.82) is 0 Å². The van der Waals surface area contributed by atoms with E-state index in [1.807, 2.05) is 0 Å². The van der Waals surface area contributed by atoms with Crippen LogP contribution in [0.25, 0.3) is 0 Å². The molecule has 0 aliphatic rings. The van der Waals surface area contributed by atoms with Crippen molar-refractivity contribution in [3.63, 3.8) is 0 Å². The minimum absolute atomic E-state index is 0.0373. The number of unbranched alkanes of at least 4 members (excludes halogenated alkanes) is 8. The Balaban J connectivity index is 2.75. The first kappa shape index (κ1) is 25.9. The van der Waals surface area contributed by atoms with E-state index in [-0.39, 0.29) is 24.3 Å². The minimum atomic E-state index is -0.709. The van der Waals surface area contributed by atoms with Crippen LogP contribution in [0.3, 0.4) is 0 Å². The molecule has 0 unspecified atom stereocenters. The number of ether oxygens (including phenoxy) is 2. The van der Waals surface area contributed by atoms with E-state index in [9.17, 15) is 14.0 Å². The first-order chi connectivity index (χ1) is 14.5. The highest BCUT2D eigenvalue weighted by Gasteiger charge is 2.19. The van der Waals surface area contributed by atoms with Crippen LogP contribution < -0.4 is 9.47 Å². The predicted molar refractivity (Wildman–Crippen MR) is 118 cm³/mol. The molecule has 0 aliphatic carbocycles. The average molecular weight is 421 g/mol. The van der Waals surface area contributed by atoms with Crippen LogP contribution in [0.5, 0.6) is 11.5 Å². The first-order valence-electron chi connectivity index (χ1n) is 11.4. The molecule has 168 valence electrons. The summed E-state index contributed by atoms with van der Waals surface area (Å²) in [6, 6.07) is 2.83. The van der Waals surface area contributed by atoms with E-state index in [2.05, 4.69) is 20.4 Å². The van der Waals surface area contributed by atoms with Crippen molar-refractivity contribution in [3.05, 3.63) is 36.2 Å². The second kappa shape index (κ2) is 15.6. The molecule has 0 amide bonds. The van der Waals surface area contributed by atoms with Crippen LogP contribution in [0, 0.1) is 5.82 Å². The van der Waals surface area contributed by atoms with Crippen molar-refractivity contribution >= 4 is 11.9 Å². The van der Waals surface area contributed by atoms with E-state index in [0.717, 1.165) is 57.8 Å². The van der Waals surface area contributed by atoms with Gasteiger partial charge in [0.2, 0.25) is 5.75 Å². The molecular weight excluding hydrogens is 383 g/mol. The Morgan fingerprint density at radius 2 is 1.40 bits per heavy atom. The standard InChI is InChI=1S/C25H37FO4/c1-4-7-9-11-13-16-23(27)29-22-19-20(15-6-3)18-21(26)25(22)30-24(28)17-14-12-10-8-5-2/h6,18-19H,3-5,7-17H2,1-2H3. The highest BCUT2D eigenvalue weighted by Crippen LogP contribution is 2.33. The lowest BCUT2D eigenvalue weighted by molar-refractivity contribution is -0.137. The maximum Gasteiger partial charge on any atom is 0.311 e. The molecule has 0 radical (unpaired) electrons. The summed E-state index contributed by atoms with van der Waals surface area (Å²) in [5, 5.41) is 0. The number of allylic oxidation sites excluding steroid dienone is 1. The number of hydrogen-bond acceptors (Lipinski definition) is 4. The highest BCUT2D eigenvalue weighted by atomic mass is 19.1. The highest BCUT2D eigenvalue weighted by molar-refractivity contribution is 5.76. The van der Waals surface area contributed by atoms with Crippen molar-refractivity contribution in [2.45, 2.75) is 97.3 Å². The summed E-state index contributed by atoms with van der Waals surface area (Å²) in [4.78, 5) is 24.4. The van der Waals surface area contributed by atoms with Crippen molar-refractivity contribution in [2.75, 3.05) is 0 Å². The minimum Gasteiger partial charge on any atom is -0.422 e. The molecule has 0 aliphatic heterocycles. The molecule has 0 fully saturated rings. The largest absolute Gasteiger partial charge is 0.422 e. The summed E-state index contributed by atoms with van der Waals surface area (Å²) < 4.78 is 25.3. The molecule has 0 saturated carbocycles. The molecule has 0 N–H and O–H groups in total. The third kappa shape index (κ3) is 10.6. The number of carbonyl (C=O) groups is 2. The van der Waals surface area contributed by atoms with Gasteiger partial charge >= 0.3 is 11.9 Å². The molecule has 1 rings (SSSR count). The Bertz CT molecular complexity index is 669. The maximum atomic E-state index is 14.6. The van der Waals surface area contributed by atoms with Crippen LogP contribution in [-0.4, -0.2) is 11.9 Å². The fourth-order valence-corrected chi connectivity index (χ4v) is 3.17. The summed E-state index contributed by atoms with van der Waals surface area (Å²) >= 11 is 0. The number of carbonyl (C=O) groups excluding carboxylic acids is 2. The summed E-state index contributed by atoms with van der Waals surface area (Å²) in [6.45, 7) is 7.91. The average Bonchev–Trinajstić information content (AvgIpc) is 2.70. The number of halogens is 1. The fraction of sp³-hybridized carbons (Fsp3) is 0.600. The number of benzene rings is 1. The van der Waals surface area contributed by atoms with Gasteiger partial charge < -0.3 is 9.47 Å². The van der Waals surface area contributed by atoms with Gasteiger partial charge in [-0.15, -0.1) is 6.58 Å². The topological polar surface area (TPSA) is 52.6 Å². The van der Waals surface area contributed by atoms with Crippen LogP contribution in [0.15, 0.2) is 24.8 Å². The molecule has 0 saturated heterocycles. The van der Waals surface area contributed by atoms with Crippen LogP contribution >= 0.6 is 0 Å². The second-order valence-corrected chi connectivity index (χ2v) is 7.67.